The molecule has 78 valence electrons. The minimum absolute atomic E-state index is 0.944. The van der Waals surface area contributed by atoms with E-state index in [1.54, 1.807) is 6.20 Å². The minimum Gasteiger partial charge on any atom is -0.301 e. The Labute approximate surface area is 102 Å². The molecule has 3 rings (SSSR count). The molecule has 0 radical (unpaired) electrons. The van der Waals surface area contributed by atoms with E-state index in [1.807, 2.05) is 30.5 Å². The van der Waals surface area contributed by atoms with Crippen LogP contribution in [0.3, 0.4) is 0 Å². The lowest BCUT2D eigenvalue weighted by atomic mass is 10.2. The Morgan fingerprint density at radius 2 is 2.00 bits per heavy atom. The van der Waals surface area contributed by atoms with E-state index in [0.717, 1.165) is 10.3 Å². The van der Waals surface area contributed by atoms with Crippen molar-refractivity contribution in [3.8, 4) is 5.82 Å². The predicted octanol–water partition coefficient (Wildman–Crippen LogP) is 3.79. The van der Waals surface area contributed by atoms with Crippen LogP contribution in [0.5, 0.6) is 0 Å². The van der Waals surface area contributed by atoms with Gasteiger partial charge in [-0.15, -0.1) is 0 Å². The third-order valence-corrected chi connectivity index (χ3v) is 3.04. The molecule has 1 aromatic carbocycles. The molecule has 0 unspecified atom stereocenters. The average Bonchev–Trinajstić information content (AvgIpc) is 2.73. The molecule has 0 bridgehead atoms. The van der Waals surface area contributed by atoms with Crippen molar-refractivity contribution in [2.75, 3.05) is 0 Å². The van der Waals surface area contributed by atoms with E-state index in [-0.39, 0.29) is 0 Å². The predicted molar refractivity (Wildman–Crippen MR) is 68.8 cm³/mol. The van der Waals surface area contributed by atoms with Crippen molar-refractivity contribution in [2.45, 2.75) is 0 Å². The molecule has 2 nitrogen and oxygen atoms in total. The number of hydrogen-bond donors (Lipinski definition) is 0. The van der Waals surface area contributed by atoms with Crippen LogP contribution in [-0.4, -0.2) is 9.55 Å². The monoisotopic (exact) mass is 272 g/mol. The van der Waals surface area contributed by atoms with Gasteiger partial charge < -0.3 is 4.57 Å². The molecule has 16 heavy (non-hydrogen) atoms. The van der Waals surface area contributed by atoms with Gasteiger partial charge in [0.05, 0.1) is 5.52 Å². The Morgan fingerprint density at radius 3 is 2.81 bits per heavy atom. The first kappa shape index (κ1) is 9.60. The van der Waals surface area contributed by atoms with Gasteiger partial charge in [0.15, 0.2) is 0 Å². The second-order valence-electron chi connectivity index (χ2n) is 3.58. The Bertz CT molecular complexity index is 629. The third kappa shape index (κ3) is 1.53. The standard InChI is InChI=1S/C13H9BrN2/c14-11-4-5-12-10(9-11)6-8-16(12)13-3-1-2-7-15-13/h1-9H. The second-order valence-corrected chi connectivity index (χ2v) is 4.49. The molecule has 0 saturated carbocycles. The summed E-state index contributed by atoms with van der Waals surface area (Å²) in [6.07, 6.45) is 3.85. The van der Waals surface area contributed by atoms with Crippen LogP contribution in [-0.2, 0) is 0 Å². The van der Waals surface area contributed by atoms with E-state index in [2.05, 4.69) is 43.7 Å². The quantitative estimate of drug-likeness (QED) is 0.659. The summed E-state index contributed by atoms with van der Waals surface area (Å²) in [4.78, 5) is 4.35. The maximum absolute atomic E-state index is 4.35. The third-order valence-electron chi connectivity index (χ3n) is 2.55. The number of aromatic nitrogens is 2. The second kappa shape index (κ2) is 3.76. The van der Waals surface area contributed by atoms with Gasteiger partial charge in [-0.3, -0.25) is 0 Å². The van der Waals surface area contributed by atoms with E-state index in [4.69, 9.17) is 0 Å². The summed E-state index contributed by atoms with van der Waals surface area (Å²) in [6.45, 7) is 0. The molecule has 3 aromatic rings. The topological polar surface area (TPSA) is 17.8 Å². The van der Waals surface area contributed by atoms with Crippen LogP contribution in [0.15, 0.2) is 59.3 Å². The zero-order valence-electron chi connectivity index (χ0n) is 8.47. The summed E-state index contributed by atoms with van der Waals surface area (Å²) in [7, 11) is 0. The highest BCUT2D eigenvalue weighted by molar-refractivity contribution is 9.10. The Balaban J connectivity index is 2.26. The van der Waals surface area contributed by atoms with E-state index in [1.165, 1.54) is 10.9 Å². The number of halogens is 1. The fourth-order valence-electron chi connectivity index (χ4n) is 1.81. The lowest BCUT2D eigenvalue weighted by molar-refractivity contribution is 1.04. The first-order valence-electron chi connectivity index (χ1n) is 5.02. The van der Waals surface area contributed by atoms with Crippen molar-refractivity contribution in [1.29, 1.82) is 0 Å². The van der Waals surface area contributed by atoms with Crippen LogP contribution in [0, 0.1) is 0 Å². The van der Waals surface area contributed by atoms with E-state index in [0.29, 0.717) is 0 Å². The summed E-state index contributed by atoms with van der Waals surface area (Å²) in [6, 6.07) is 14.2. The number of pyridine rings is 1. The van der Waals surface area contributed by atoms with Gasteiger partial charge in [-0.2, -0.15) is 0 Å². The highest BCUT2D eigenvalue weighted by Gasteiger charge is 2.03. The van der Waals surface area contributed by atoms with Crippen LogP contribution in [0.25, 0.3) is 16.7 Å². The van der Waals surface area contributed by atoms with Gasteiger partial charge >= 0.3 is 0 Å². The van der Waals surface area contributed by atoms with Crippen LogP contribution in [0.1, 0.15) is 0 Å². The van der Waals surface area contributed by atoms with E-state index < -0.39 is 0 Å². The van der Waals surface area contributed by atoms with Crippen molar-refractivity contribution >= 4 is 26.8 Å². The van der Waals surface area contributed by atoms with Gasteiger partial charge in [-0.05, 0) is 36.4 Å². The van der Waals surface area contributed by atoms with Gasteiger partial charge in [0.1, 0.15) is 5.82 Å². The van der Waals surface area contributed by atoms with Crippen molar-refractivity contribution in [3.05, 3.63) is 59.3 Å². The molecule has 0 aliphatic heterocycles. The van der Waals surface area contributed by atoms with Gasteiger partial charge in [0.2, 0.25) is 0 Å². The largest absolute Gasteiger partial charge is 0.301 e. The summed E-state index contributed by atoms with van der Waals surface area (Å²) in [5.41, 5.74) is 1.17. The molecule has 0 N–H and O–H groups in total. The molecule has 0 amide bonds. The summed E-state index contributed by atoms with van der Waals surface area (Å²) in [5, 5.41) is 1.21. The lowest BCUT2D eigenvalue weighted by Crippen LogP contribution is -1.93. The van der Waals surface area contributed by atoms with Crippen LogP contribution < -0.4 is 0 Å². The minimum atomic E-state index is 0.944. The van der Waals surface area contributed by atoms with Crippen LogP contribution in [0.4, 0.5) is 0 Å². The zero-order chi connectivity index (χ0) is 11.0. The van der Waals surface area contributed by atoms with Gasteiger partial charge in [0, 0.05) is 22.3 Å². The number of benzene rings is 1. The van der Waals surface area contributed by atoms with Gasteiger partial charge in [-0.25, -0.2) is 4.98 Å². The van der Waals surface area contributed by atoms with Gasteiger partial charge in [0.25, 0.3) is 0 Å². The SMILES string of the molecule is Brc1ccc2c(ccn2-c2ccccn2)c1. The molecule has 2 aromatic heterocycles. The molecule has 2 heterocycles. The molecule has 0 spiro atoms. The van der Waals surface area contributed by atoms with E-state index >= 15 is 0 Å². The molecular formula is C13H9BrN2. The first-order valence-corrected chi connectivity index (χ1v) is 5.82. The van der Waals surface area contributed by atoms with Crippen molar-refractivity contribution < 1.29 is 0 Å². The molecule has 0 atom stereocenters. The highest BCUT2D eigenvalue weighted by atomic mass is 79.9. The molecule has 0 aliphatic rings. The summed E-state index contributed by atoms with van der Waals surface area (Å²) < 4.78 is 3.18. The molecule has 3 heteroatoms. The first-order chi connectivity index (χ1) is 7.84. The lowest BCUT2D eigenvalue weighted by Gasteiger charge is -2.03. The van der Waals surface area contributed by atoms with E-state index in [9.17, 15) is 0 Å². The Kier molecular flexibility index (Phi) is 2.26. The molecule has 0 saturated heterocycles. The number of fused-ring (bicyclic) bond motifs is 1. The molecule has 0 fully saturated rings. The average molecular weight is 273 g/mol. The summed E-state index contributed by atoms with van der Waals surface area (Å²) in [5.74, 6) is 0.944. The maximum atomic E-state index is 4.35. The van der Waals surface area contributed by atoms with Gasteiger partial charge in [-0.1, -0.05) is 22.0 Å². The van der Waals surface area contributed by atoms with Crippen molar-refractivity contribution in [2.24, 2.45) is 0 Å². The van der Waals surface area contributed by atoms with Crippen molar-refractivity contribution in [3.63, 3.8) is 0 Å². The molecular weight excluding hydrogens is 264 g/mol. The van der Waals surface area contributed by atoms with Crippen LogP contribution in [0.2, 0.25) is 0 Å². The fraction of sp³-hybridized carbons (Fsp3) is 0. The highest BCUT2D eigenvalue weighted by Crippen LogP contribution is 2.22. The number of hydrogen-bond acceptors (Lipinski definition) is 1. The number of nitrogens with zero attached hydrogens (tertiary/aromatic N) is 2. The Morgan fingerprint density at radius 1 is 1.06 bits per heavy atom. The fourth-order valence-corrected chi connectivity index (χ4v) is 2.19. The van der Waals surface area contributed by atoms with Crippen molar-refractivity contribution in [1.82, 2.24) is 9.55 Å². The van der Waals surface area contributed by atoms with Crippen LogP contribution >= 0.6 is 15.9 Å². The summed E-state index contributed by atoms with van der Waals surface area (Å²) >= 11 is 3.47. The number of rotatable bonds is 1. The Hall–Kier alpha value is -1.61. The zero-order valence-corrected chi connectivity index (χ0v) is 10.1. The molecule has 0 aliphatic carbocycles. The normalized spacial score (nSPS) is 10.8. The maximum Gasteiger partial charge on any atom is 0.137 e. The smallest absolute Gasteiger partial charge is 0.137 e.